The standard InChI is InChI=1S/C43H72O12S/c1-3-5-7-9-11-13-15-17-18-20-21-23-25-27-29-31-38(44)52-33-36(34-53-43-42(48)41(47)40(46)37(55-43)35-56(49,50)51)54-39(45)32-30-28-26-24-22-19-16-14-12-10-8-6-4-2/h5,7,9,11,13-18,36-37,40-43,46-48H,3-4,6,8,10,12,19-35H2,1-2H3,(H,49,50,51)/b7-5+,11-9+,15-13+,16-14+,18-17+/t36-,37-,40-,41?,42?,43+/m1/s1. The van der Waals surface area contributed by atoms with Gasteiger partial charge in [-0.15, -0.1) is 0 Å². The predicted octanol–water partition coefficient (Wildman–Crippen LogP) is 7.78. The van der Waals surface area contributed by atoms with Crippen LogP contribution in [-0.4, -0.2) is 96.0 Å². The summed E-state index contributed by atoms with van der Waals surface area (Å²) in [5.41, 5.74) is 0. The molecule has 0 spiro atoms. The Balaban J connectivity index is 2.52. The van der Waals surface area contributed by atoms with E-state index in [0.29, 0.717) is 12.8 Å². The molecule has 322 valence electrons. The summed E-state index contributed by atoms with van der Waals surface area (Å²) in [5.74, 6) is -2.03. The number of aliphatic hydroxyl groups excluding tert-OH is 3. The van der Waals surface area contributed by atoms with E-state index < -0.39 is 71.2 Å². The average molecular weight is 813 g/mol. The monoisotopic (exact) mass is 812 g/mol. The molecule has 0 amide bonds. The zero-order valence-electron chi connectivity index (χ0n) is 34.0. The fourth-order valence-electron chi connectivity index (χ4n) is 5.92. The van der Waals surface area contributed by atoms with E-state index in [1.807, 2.05) is 36.5 Å². The van der Waals surface area contributed by atoms with E-state index >= 15 is 0 Å². The Morgan fingerprint density at radius 3 is 1.73 bits per heavy atom. The molecule has 0 aromatic carbocycles. The van der Waals surface area contributed by atoms with Gasteiger partial charge in [0, 0.05) is 12.8 Å². The molecule has 1 fully saturated rings. The number of carbonyl (C=O) groups excluding carboxylic acids is 2. The minimum Gasteiger partial charge on any atom is -0.462 e. The molecule has 2 unspecified atom stereocenters. The molecule has 1 aliphatic heterocycles. The van der Waals surface area contributed by atoms with E-state index in [1.54, 1.807) is 0 Å². The number of rotatable bonds is 33. The second-order valence-electron chi connectivity index (χ2n) is 14.4. The van der Waals surface area contributed by atoms with E-state index in [2.05, 4.69) is 38.2 Å². The normalized spacial score (nSPS) is 21.3. The molecular weight excluding hydrogens is 741 g/mol. The molecule has 56 heavy (non-hydrogen) atoms. The Kier molecular flexibility index (Phi) is 30.6. The van der Waals surface area contributed by atoms with E-state index in [0.717, 1.165) is 77.0 Å². The summed E-state index contributed by atoms with van der Waals surface area (Å²) in [6.45, 7) is 3.55. The lowest BCUT2D eigenvalue weighted by molar-refractivity contribution is -0.297. The first kappa shape index (κ1) is 51.4. The quantitative estimate of drug-likeness (QED) is 0.0166. The van der Waals surface area contributed by atoms with Gasteiger partial charge in [-0.3, -0.25) is 14.1 Å². The maximum atomic E-state index is 12.8. The van der Waals surface area contributed by atoms with Crippen LogP contribution in [0.1, 0.15) is 142 Å². The SMILES string of the molecule is CC/C=C/C=C/C=C/C=C/CCCCCCCC(=O)OC[C@H](CO[C@H]1O[C@H](CS(=O)(=O)O)[C@@H](O)C(O)C1O)OC(=O)CCCCCCC/C=C/CCCCCC. The molecule has 13 heteroatoms. The second kappa shape index (κ2) is 33.3. The Morgan fingerprint density at radius 2 is 1.14 bits per heavy atom. The Hall–Kier alpha value is -2.65. The van der Waals surface area contributed by atoms with Crippen LogP contribution in [-0.2, 0) is 38.7 Å². The van der Waals surface area contributed by atoms with Crippen LogP contribution >= 0.6 is 0 Å². The van der Waals surface area contributed by atoms with Crippen molar-refractivity contribution in [1.29, 1.82) is 0 Å². The van der Waals surface area contributed by atoms with Crippen LogP contribution in [0.5, 0.6) is 0 Å². The number of unbranched alkanes of at least 4 members (excludes halogenated alkanes) is 14. The molecule has 0 bridgehead atoms. The second-order valence-corrected chi connectivity index (χ2v) is 15.9. The number of aliphatic hydroxyl groups is 3. The van der Waals surface area contributed by atoms with Gasteiger partial charge in [-0.1, -0.05) is 132 Å². The van der Waals surface area contributed by atoms with Gasteiger partial charge in [0.25, 0.3) is 10.1 Å². The third kappa shape index (κ3) is 27.9. The van der Waals surface area contributed by atoms with Crippen LogP contribution < -0.4 is 0 Å². The van der Waals surface area contributed by atoms with E-state index in [9.17, 15) is 37.9 Å². The van der Waals surface area contributed by atoms with Crippen LogP contribution in [0.25, 0.3) is 0 Å². The van der Waals surface area contributed by atoms with Crippen molar-refractivity contribution in [2.45, 2.75) is 179 Å². The van der Waals surface area contributed by atoms with Crippen LogP contribution in [0, 0.1) is 0 Å². The first-order valence-electron chi connectivity index (χ1n) is 20.9. The summed E-state index contributed by atoms with van der Waals surface area (Å²) in [4.78, 5) is 25.3. The molecule has 0 aliphatic carbocycles. The van der Waals surface area contributed by atoms with Crippen molar-refractivity contribution in [3.63, 3.8) is 0 Å². The number of allylic oxidation sites excluding steroid dienone is 10. The highest BCUT2D eigenvalue weighted by molar-refractivity contribution is 7.85. The van der Waals surface area contributed by atoms with Gasteiger partial charge in [-0.2, -0.15) is 8.42 Å². The van der Waals surface area contributed by atoms with Crippen molar-refractivity contribution < 1.29 is 56.8 Å². The molecule has 4 N–H and O–H groups in total. The van der Waals surface area contributed by atoms with Crippen LogP contribution in [0.4, 0.5) is 0 Å². The molecule has 0 radical (unpaired) electrons. The lowest BCUT2D eigenvalue weighted by Gasteiger charge is -2.40. The molecule has 1 aliphatic rings. The van der Waals surface area contributed by atoms with Gasteiger partial charge in [0.1, 0.15) is 36.8 Å². The van der Waals surface area contributed by atoms with Gasteiger partial charge in [0.05, 0.1) is 6.61 Å². The van der Waals surface area contributed by atoms with Gasteiger partial charge in [-0.25, -0.2) is 0 Å². The first-order chi connectivity index (χ1) is 27.0. The average Bonchev–Trinajstić information content (AvgIpc) is 3.16. The number of carbonyl (C=O) groups is 2. The molecule has 1 saturated heterocycles. The minimum absolute atomic E-state index is 0.146. The molecule has 6 atom stereocenters. The molecule has 0 aromatic rings. The van der Waals surface area contributed by atoms with Gasteiger partial charge in [-0.05, 0) is 57.8 Å². The van der Waals surface area contributed by atoms with Gasteiger partial charge < -0.3 is 34.3 Å². The summed E-state index contributed by atoms with van der Waals surface area (Å²) in [5, 5.41) is 30.8. The molecular formula is C43H72O12S. The maximum absolute atomic E-state index is 12.8. The topological polar surface area (TPSA) is 186 Å². The Labute approximate surface area is 336 Å². The zero-order chi connectivity index (χ0) is 41.3. The highest BCUT2D eigenvalue weighted by Crippen LogP contribution is 2.24. The molecule has 1 rings (SSSR count). The van der Waals surface area contributed by atoms with Crippen LogP contribution in [0.15, 0.2) is 60.8 Å². The van der Waals surface area contributed by atoms with Crippen molar-refractivity contribution in [3.05, 3.63) is 60.8 Å². The fourth-order valence-corrected chi connectivity index (χ4v) is 6.61. The summed E-state index contributed by atoms with van der Waals surface area (Å²) in [7, 11) is -4.61. The lowest BCUT2D eigenvalue weighted by atomic mass is 10.00. The molecule has 1 heterocycles. The summed E-state index contributed by atoms with van der Waals surface area (Å²) < 4.78 is 53.9. The Bertz CT molecular complexity index is 1280. The van der Waals surface area contributed by atoms with Gasteiger partial charge in [0.2, 0.25) is 0 Å². The lowest BCUT2D eigenvalue weighted by Crippen LogP contribution is -2.60. The van der Waals surface area contributed by atoms with Crippen LogP contribution in [0.2, 0.25) is 0 Å². The van der Waals surface area contributed by atoms with E-state index in [4.69, 9.17) is 18.9 Å². The van der Waals surface area contributed by atoms with E-state index in [1.165, 1.54) is 25.7 Å². The van der Waals surface area contributed by atoms with Crippen molar-refractivity contribution in [2.24, 2.45) is 0 Å². The Morgan fingerprint density at radius 1 is 0.625 bits per heavy atom. The number of hydrogen-bond acceptors (Lipinski definition) is 11. The molecule has 12 nitrogen and oxygen atoms in total. The number of esters is 2. The number of hydrogen-bond donors (Lipinski definition) is 4. The van der Waals surface area contributed by atoms with Crippen molar-refractivity contribution >= 4 is 22.1 Å². The third-order valence-electron chi connectivity index (χ3n) is 9.18. The molecule has 0 saturated carbocycles. The first-order valence-corrected chi connectivity index (χ1v) is 22.5. The maximum Gasteiger partial charge on any atom is 0.306 e. The van der Waals surface area contributed by atoms with Crippen molar-refractivity contribution in [1.82, 2.24) is 0 Å². The summed E-state index contributed by atoms with van der Waals surface area (Å²) >= 11 is 0. The van der Waals surface area contributed by atoms with Crippen molar-refractivity contribution in [2.75, 3.05) is 19.0 Å². The predicted molar refractivity (Wildman–Crippen MR) is 219 cm³/mol. The highest BCUT2D eigenvalue weighted by atomic mass is 32.2. The zero-order valence-corrected chi connectivity index (χ0v) is 34.8. The van der Waals surface area contributed by atoms with E-state index in [-0.39, 0.29) is 19.4 Å². The third-order valence-corrected chi connectivity index (χ3v) is 9.93. The van der Waals surface area contributed by atoms with Crippen LogP contribution in [0.3, 0.4) is 0 Å². The largest absolute Gasteiger partial charge is 0.462 e. The van der Waals surface area contributed by atoms with Crippen molar-refractivity contribution in [3.8, 4) is 0 Å². The highest BCUT2D eigenvalue weighted by Gasteiger charge is 2.46. The minimum atomic E-state index is -4.61. The van der Waals surface area contributed by atoms with Gasteiger partial charge in [0.15, 0.2) is 12.4 Å². The smallest absolute Gasteiger partial charge is 0.306 e. The fraction of sp³-hybridized carbons (Fsp3) is 0.721. The number of ether oxygens (including phenoxy) is 4. The van der Waals surface area contributed by atoms with Gasteiger partial charge >= 0.3 is 11.9 Å². The summed E-state index contributed by atoms with van der Waals surface area (Å²) in [6, 6.07) is 0. The molecule has 0 aromatic heterocycles. The summed E-state index contributed by atoms with van der Waals surface area (Å²) in [6.07, 6.45) is 29.8.